The molecule has 0 aliphatic heterocycles. The minimum absolute atomic E-state index is 0.255. The number of aromatic nitrogens is 3. The number of hydrogen-bond donors (Lipinski definition) is 1. The van der Waals surface area contributed by atoms with Crippen LogP contribution in [-0.2, 0) is 29.5 Å². The molecule has 3 aromatic rings. The van der Waals surface area contributed by atoms with Gasteiger partial charge in [0, 0.05) is 36.8 Å². The van der Waals surface area contributed by atoms with E-state index >= 15 is 0 Å². The molecule has 0 bridgehead atoms. The molecule has 1 atom stereocenters. The van der Waals surface area contributed by atoms with Gasteiger partial charge in [0.1, 0.15) is 11.6 Å². The number of aryl methyl sites for hydroxylation is 4. The van der Waals surface area contributed by atoms with Crippen LogP contribution in [0.1, 0.15) is 98.5 Å². The summed E-state index contributed by atoms with van der Waals surface area (Å²) in [5, 5.41) is 5.55. The maximum absolute atomic E-state index is 10.7. The zero-order chi connectivity index (χ0) is 28.5. The maximum Gasteiger partial charge on any atom is 0.132 e. The fourth-order valence-electron chi connectivity index (χ4n) is 3.50. The van der Waals surface area contributed by atoms with Crippen molar-refractivity contribution in [3.05, 3.63) is 53.5 Å². The molecular formula is C32H53N3O2. The summed E-state index contributed by atoms with van der Waals surface area (Å²) in [6, 6.07) is 10.7. The lowest BCUT2D eigenvalue weighted by Crippen LogP contribution is -2.08. The Morgan fingerprint density at radius 1 is 0.946 bits per heavy atom. The van der Waals surface area contributed by atoms with Crippen molar-refractivity contribution >= 4 is 22.5 Å². The molecule has 0 aliphatic rings. The highest BCUT2D eigenvalue weighted by atomic mass is 16.1. The molecule has 0 amide bonds. The van der Waals surface area contributed by atoms with Crippen LogP contribution >= 0.6 is 0 Å². The number of aromatic amines is 1. The number of benzene rings is 1. The second-order valence-corrected chi connectivity index (χ2v) is 10.8. The van der Waals surface area contributed by atoms with Crippen molar-refractivity contribution in [1.29, 1.82) is 0 Å². The number of hydrogen-bond acceptors (Lipinski definition) is 3. The van der Waals surface area contributed by atoms with E-state index in [-0.39, 0.29) is 5.92 Å². The van der Waals surface area contributed by atoms with E-state index < -0.39 is 0 Å². The molecule has 0 aliphatic carbocycles. The zero-order valence-corrected chi connectivity index (χ0v) is 25.4. The molecule has 0 saturated heterocycles. The number of ketones is 2. The van der Waals surface area contributed by atoms with Gasteiger partial charge in [0.15, 0.2) is 0 Å². The Morgan fingerprint density at radius 2 is 1.59 bits per heavy atom. The summed E-state index contributed by atoms with van der Waals surface area (Å²) >= 11 is 0. The largest absolute Gasteiger partial charge is 0.361 e. The smallest absolute Gasteiger partial charge is 0.132 e. The van der Waals surface area contributed by atoms with Gasteiger partial charge >= 0.3 is 0 Å². The van der Waals surface area contributed by atoms with Crippen molar-refractivity contribution in [2.45, 2.75) is 101 Å². The molecule has 1 aromatic carbocycles. The summed E-state index contributed by atoms with van der Waals surface area (Å²) in [5.41, 5.74) is 5.03. The van der Waals surface area contributed by atoms with Crippen molar-refractivity contribution in [3.63, 3.8) is 0 Å². The third kappa shape index (κ3) is 15.9. The number of fused-ring (bicyclic) bond motifs is 1. The number of carbonyl (C=O) groups is 2. The minimum atomic E-state index is 0.255. The first-order valence-corrected chi connectivity index (χ1v) is 13.9. The number of H-pyrrole nitrogens is 1. The SMILES string of the molecule is CC(=O)CCC(C)C.CC(=O)[C@@H](C)CC(C)C.CCc1cc(C)n(C)n1.CCc1ccc2[nH]ccc2c1. The van der Waals surface area contributed by atoms with Crippen LogP contribution in [0.5, 0.6) is 0 Å². The van der Waals surface area contributed by atoms with Gasteiger partial charge in [-0.1, -0.05) is 54.5 Å². The maximum atomic E-state index is 10.7. The highest BCUT2D eigenvalue weighted by Gasteiger charge is 2.08. The Morgan fingerprint density at radius 3 is 1.95 bits per heavy atom. The van der Waals surface area contributed by atoms with Gasteiger partial charge in [-0.2, -0.15) is 5.10 Å². The lowest BCUT2D eigenvalue weighted by molar-refractivity contribution is -0.120. The molecule has 2 heterocycles. The van der Waals surface area contributed by atoms with Gasteiger partial charge in [-0.15, -0.1) is 0 Å². The van der Waals surface area contributed by atoms with Crippen molar-refractivity contribution < 1.29 is 9.59 Å². The number of nitrogens with one attached hydrogen (secondary N) is 1. The van der Waals surface area contributed by atoms with Crippen LogP contribution in [0.3, 0.4) is 0 Å². The van der Waals surface area contributed by atoms with Crippen molar-refractivity contribution in [2.75, 3.05) is 0 Å². The first-order valence-electron chi connectivity index (χ1n) is 13.9. The average molecular weight is 512 g/mol. The third-order valence-corrected chi connectivity index (χ3v) is 6.15. The molecule has 208 valence electrons. The van der Waals surface area contributed by atoms with E-state index in [1.54, 1.807) is 13.8 Å². The van der Waals surface area contributed by atoms with Crippen LogP contribution in [0.15, 0.2) is 36.5 Å². The average Bonchev–Trinajstić information content (AvgIpc) is 3.43. The van der Waals surface area contributed by atoms with Crippen molar-refractivity contribution in [2.24, 2.45) is 24.8 Å². The minimum Gasteiger partial charge on any atom is -0.361 e. The molecule has 37 heavy (non-hydrogen) atoms. The van der Waals surface area contributed by atoms with Gasteiger partial charge in [0.2, 0.25) is 0 Å². The fourth-order valence-corrected chi connectivity index (χ4v) is 3.50. The van der Waals surface area contributed by atoms with E-state index in [9.17, 15) is 9.59 Å². The lowest BCUT2D eigenvalue weighted by atomic mass is 9.96. The second-order valence-electron chi connectivity index (χ2n) is 10.8. The summed E-state index contributed by atoms with van der Waals surface area (Å²) in [4.78, 5) is 24.2. The summed E-state index contributed by atoms with van der Waals surface area (Å²) < 4.78 is 1.90. The van der Waals surface area contributed by atoms with Crippen LogP contribution in [0.2, 0.25) is 0 Å². The Kier molecular flexibility index (Phi) is 17.2. The summed E-state index contributed by atoms with van der Waals surface area (Å²) in [7, 11) is 1.97. The molecular weight excluding hydrogens is 458 g/mol. The number of Topliss-reactive ketones (excluding diaryl/α,β-unsaturated/α-hetero) is 2. The first kappa shape index (κ1) is 34.3. The predicted molar refractivity (Wildman–Crippen MR) is 159 cm³/mol. The molecule has 2 aromatic heterocycles. The molecule has 5 heteroatoms. The molecule has 0 unspecified atom stereocenters. The van der Waals surface area contributed by atoms with Crippen molar-refractivity contribution in [1.82, 2.24) is 14.8 Å². The third-order valence-electron chi connectivity index (χ3n) is 6.15. The van der Waals surface area contributed by atoms with E-state index in [4.69, 9.17) is 0 Å². The number of carbonyl (C=O) groups excluding carboxylic acids is 2. The van der Waals surface area contributed by atoms with Gasteiger partial charge in [-0.3, -0.25) is 9.48 Å². The topological polar surface area (TPSA) is 67.8 Å². The van der Waals surface area contributed by atoms with Crippen LogP contribution in [0, 0.1) is 24.7 Å². The fraction of sp³-hybridized carbons (Fsp3) is 0.594. The Labute approximate surface area is 226 Å². The summed E-state index contributed by atoms with van der Waals surface area (Å²) in [5.74, 6) is 2.18. The van der Waals surface area contributed by atoms with E-state index in [0.29, 0.717) is 23.4 Å². The molecule has 0 fully saturated rings. The lowest BCUT2D eigenvalue weighted by Gasteiger charge is -2.08. The monoisotopic (exact) mass is 511 g/mol. The molecule has 0 spiro atoms. The van der Waals surface area contributed by atoms with Crippen LogP contribution < -0.4 is 0 Å². The highest BCUT2D eigenvalue weighted by molar-refractivity contribution is 5.80. The standard InChI is InChI=1S/C10H11N.C8H16O.C7H12N2.C7H14O/c1-2-8-3-4-10-9(7-8)5-6-11-10;1-6(2)5-7(3)8(4)9;1-4-7-5-6(2)9(3)8-7;1-6(2)4-5-7(3)8/h3-7,11H,2H2,1H3;6-7H,5H2,1-4H3;5H,4H2,1-3H3;6H,4-5H2,1-3H3/t;7-;;/m.0../s1. The molecule has 1 N–H and O–H groups in total. The van der Waals surface area contributed by atoms with Gasteiger partial charge < -0.3 is 9.78 Å². The summed E-state index contributed by atoms with van der Waals surface area (Å²) in [6.07, 6.45) is 6.93. The second kappa shape index (κ2) is 18.5. The van der Waals surface area contributed by atoms with Gasteiger partial charge in [0.25, 0.3) is 0 Å². The normalized spacial score (nSPS) is 11.2. The Bertz CT molecular complexity index is 1020. The first-order chi connectivity index (χ1) is 17.3. The van der Waals surface area contributed by atoms with Gasteiger partial charge in [0.05, 0.1) is 5.69 Å². The van der Waals surface area contributed by atoms with Gasteiger partial charge in [-0.25, -0.2) is 0 Å². The predicted octanol–water partition coefficient (Wildman–Crippen LogP) is 8.29. The molecule has 0 saturated carbocycles. The number of nitrogens with zero attached hydrogens (tertiary/aromatic N) is 2. The van der Waals surface area contributed by atoms with Crippen LogP contribution in [-0.4, -0.2) is 26.3 Å². The van der Waals surface area contributed by atoms with Crippen LogP contribution in [0.4, 0.5) is 0 Å². The zero-order valence-electron chi connectivity index (χ0n) is 25.4. The Hall–Kier alpha value is -2.69. The van der Waals surface area contributed by atoms with Crippen molar-refractivity contribution in [3.8, 4) is 0 Å². The Balaban J connectivity index is 0.000000472. The molecule has 5 nitrogen and oxygen atoms in total. The van der Waals surface area contributed by atoms with Crippen LogP contribution in [0.25, 0.3) is 10.9 Å². The van der Waals surface area contributed by atoms with E-state index in [1.807, 2.05) is 24.9 Å². The van der Waals surface area contributed by atoms with E-state index in [0.717, 1.165) is 32.1 Å². The molecule has 3 rings (SSSR count). The van der Waals surface area contributed by atoms with Gasteiger partial charge in [-0.05, 0) is 93.5 Å². The summed E-state index contributed by atoms with van der Waals surface area (Å²) in [6.45, 7) is 20.2. The quantitative estimate of drug-likeness (QED) is 0.331. The van der Waals surface area contributed by atoms with E-state index in [1.165, 1.54) is 27.9 Å². The van der Waals surface area contributed by atoms with E-state index in [2.05, 4.69) is 88.9 Å². The number of rotatable bonds is 8. The molecule has 0 radical (unpaired) electrons. The highest BCUT2D eigenvalue weighted by Crippen LogP contribution is 2.14.